The molecule has 2 N–H and O–H groups in total. The molecule has 0 aliphatic rings. The van der Waals surface area contributed by atoms with E-state index < -0.39 is 17.5 Å². The molecule has 3 rings (SSSR count). The topological polar surface area (TPSA) is 79.5 Å². The van der Waals surface area contributed by atoms with E-state index >= 15 is 0 Å². The van der Waals surface area contributed by atoms with Crippen LogP contribution in [0.25, 0.3) is 17.0 Å². The molecule has 0 saturated heterocycles. The zero-order valence-corrected chi connectivity index (χ0v) is 14.2. The Kier molecular flexibility index (Phi) is 5.17. The van der Waals surface area contributed by atoms with Crippen molar-refractivity contribution in [1.29, 1.82) is 0 Å². The molecule has 3 aromatic rings. The summed E-state index contributed by atoms with van der Waals surface area (Å²) < 4.78 is 15.1. The van der Waals surface area contributed by atoms with Crippen LogP contribution in [-0.2, 0) is 16.1 Å². The summed E-state index contributed by atoms with van der Waals surface area (Å²) in [5, 5.41) is 18.6. The van der Waals surface area contributed by atoms with Crippen LogP contribution in [0.15, 0.2) is 72.6 Å². The lowest BCUT2D eigenvalue weighted by molar-refractivity contribution is -0.135. The Labute approximate surface area is 154 Å². The normalized spacial score (nSPS) is 12.0. The van der Waals surface area contributed by atoms with Crippen molar-refractivity contribution in [2.24, 2.45) is 0 Å². The van der Waals surface area contributed by atoms with Crippen LogP contribution in [0.1, 0.15) is 11.1 Å². The fourth-order valence-corrected chi connectivity index (χ4v) is 2.74. The quantitative estimate of drug-likeness (QED) is 0.512. The number of para-hydroxylation sites is 1. The number of carboxylic acids is 1. The van der Waals surface area contributed by atoms with Gasteiger partial charge in [0.1, 0.15) is 5.82 Å². The highest BCUT2D eigenvalue weighted by Crippen LogP contribution is 2.23. The highest BCUT2D eigenvalue weighted by molar-refractivity contribution is 6.06. The van der Waals surface area contributed by atoms with Crippen LogP contribution in [0, 0.1) is 5.82 Å². The molecule has 5 nitrogen and oxygen atoms in total. The van der Waals surface area contributed by atoms with E-state index in [9.17, 15) is 14.0 Å². The lowest BCUT2D eigenvalue weighted by Crippen LogP contribution is -2.01. The highest BCUT2D eigenvalue weighted by atomic mass is 19.1. The Morgan fingerprint density at radius 2 is 1.74 bits per heavy atom. The van der Waals surface area contributed by atoms with Crippen molar-refractivity contribution in [3.05, 3.63) is 89.6 Å². The van der Waals surface area contributed by atoms with E-state index in [4.69, 9.17) is 10.2 Å². The van der Waals surface area contributed by atoms with E-state index in [1.165, 1.54) is 18.2 Å². The van der Waals surface area contributed by atoms with Gasteiger partial charge in [-0.2, -0.15) is 0 Å². The van der Waals surface area contributed by atoms with Crippen LogP contribution >= 0.6 is 0 Å². The van der Waals surface area contributed by atoms with Gasteiger partial charge in [-0.3, -0.25) is 4.79 Å². The smallest absolute Gasteiger partial charge is 0.371 e. The first kappa shape index (κ1) is 18.1. The van der Waals surface area contributed by atoms with Gasteiger partial charge in [-0.1, -0.05) is 30.3 Å². The molecule has 0 atom stereocenters. The predicted octanol–water partition coefficient (Wildman–Crippen LogP) is 3.94. The number of rotatable bonds is 6. The molecular weight excluding hydrogens is 349 g/mol. The second kappa shape index (κ2) is 7.70. The molecule has 0 saturated carbocycles. The van der Waals surface area contributed by atoms with Crippen molar-refractivity contribution in [2.45, 2.75) is 6.54 Å². The second-order valence-electron chi connectivity index (χ2n) is 5.93. The first-order valence-corrected chi connectivity index (χ1v) is 8.12. The molecule has 0 fully saturated rings. The number of benzene rings is 2. The molecule has 0 radical (unpaired) electrons. The van der Waals surface area contributed by atoms with Gasteiger partial charge in [-0.05, 0) is 35.9 Å². The zero-order valence-electron chi connectivity index (χ0n) is 14.2. The van der Waals surface area contributed by atoms with Crippen molar-refractivity contribution in [3.8, 4) is 0 Å². The Morgan fingerprint density at radius 1 is 1.04 bits per heavy atom. The monoisotopic (exact) mass is 365 g/mol. The van der Waals surface area contributed by atoms with Gasteiger partial charge in [0.2, 0.25) is 5.76 Å². The van der Waals surface area contributed by atoms with Gasteiger partial charge in [0.05, 0.1) is 0 Å². The number of halogens is 1. The number of aliphatic carboxylic acids is 1. The molecule has 0 amide bonds. The number of nitrogens with zero attached hydrogens (tertiary/aromatic N) is 1. The van der Waals surface area contributed by atoms with Gasteiger partial charge in [0, 0.05) is 35.3 Å². The molecule has 0 spiro atoms. The van der Waals surface area contributed by atoms with Gasteiger partial charge < -0.3 is 14.8 Å². The Bertz CT molecular complexity index is 1060. The SMILES string of the molecule is O=C(/C=C(\O)C(=O)O)/C=C/c1cn(Cc2ccc(F)cc2)c2ccccc12. The standard InChI is InChI=1S/C21H16FNO4/c22-16-8-5-14(6-9-16)12-23-13-15(18-3-1-2-4-19(18)23)7-10-17(24)11-20(25)21(26)27/h1-11,13,25H,12H2,(H,26,27)/b10-7+,20-11-. The fourth-order valence-electron chi connectivity index (χ4n) is 2.74. The third-order valence-corrected chi connectivity index (χ3v) is 4.01. The number of allylic oxidation sites excluding steroid dienone is 2. The van der Waals surface area contributed by atoms with Crippen molar-refractivity contribution in [2.75, 3.05) is 0 Å². The minimum absolute atomic E-state index is 0.295. The maximum absolute atomic E-state index is 13.1. The van der Waals surface area contributed by atoms with E-state index in [1.54, 1.807) is 18.2 Å². The third kappa shape index (κ3) is 4.30. The number of aliphatic hydroxyl groups excluding tert-OH is 1. The number of carbonyl (C=O) groups is 2. The minimum atomic E-state index is -1.56. The van der Waals surface area contributed by atoms with E-state index in [0.29, 0.717) is 12.6 Å². The maximum atomic E-state index is 13.1. The summed E-state index contributed by atoms with van der Waals surface area (Å²) in [5.74, 6) is -3.50. The summed E-state index contributed by atoms with van der Waals surface area (Å²) in [5.41, 5.74) is 2.64. The van der Waals surface area contributed by atoms with Crippen LogP contribution in [0.3, 0.4) is 0 Å². The Balaban J connectivity index is 1.91. The van der Waals surface area contributed by atoms with E-state index in [0.717, 1.165) is 22.0 Å². The first-order valence-electron chi connectivity index (χ1n) is 8.12. The van der Waals surface area contributed by atoms with Gasteiger partial charge in [-0.25, -0.2) is 9.18 Å². The summed E-state index contributed by atoms with van der Waals surface area (Å²) in [6.45, 7) is 0.530. The summed E-state index contributed by atoms with van der Waals surface area (Å²) >= 11 is 0. The number of aliphatic hydroxyl groups is 1. The van der Waals surface area contributed by atoms with Crippen LogP contribution in [0.5, 0.6) is 0 Å². The van der Waals surface area contributed by atoms with Crippen molar-refractivity contribution in [1.82, 2.24) is 4.57 Å². The van der Waals surface area contributed by atoms with Crippen molar-refractivity contribution in [3.63, 3.8) is 0 Å². The van der Waals surface area contributed by atoms with Crippen LogP contribution in [0.4, 0.5) is 4.39 Å². The van der Waals surface area contributed by atoms with Crippen LogP contribution < -0.4 is 0 Å². The van der Waals surface area contributed by atoms with E-state index in [-0.39, 0.29) is 5.82 Å². The number of carboxylic acid groups (broad SMARTS) is 1. The molecule has 0 bridgehead atoms. The highest BCUT2D eigenvalue weighted by Gasteiger charge is 2.08. The molecule has 1 aromatic heterocycles. The van der Waals surface area contributed by atoms with Crippen LogP contribution in [-0.4, -0.2) is 26.5 Å². The molecule has 136 valence electrons. The van der Waals surface area contributed by atoms with Crippen molar-refractivity contribution < 1.29 is 24.2 Å². The van der Waals surface area contributed by atoms with Crippen LogP contribution in [0.2, 0.25) is 0 Å². The predicted molar refractivity (Wildman–Crippen MR) is 99.8 cm³/mol. The Morgan fingerprint density at radius 3 is 2.44 bits per heavy atom. The molecule has 6 heteroatoms. The zero-order chi connectivity index (χ0) is 19.4. The van der Waals surface area contributed by atoms with E-state index in [1.807, 2.05) is 35.0 Å². The third-order valence-electron chi connectivity index (χ3n) is 4.01. The van der Waals surface area contributed by atoms with Gasteiger partial charge in [-0.15, -0.1) is 0 Å². The lowest BCUT2D eigenvalue weighted by atomic mass is 10.1. The molecule has 1 heterocycles. The molecule has 0 unspecified atom stereocenters. The summed E-state index contributed by atoms with van der Waals surface area (Å²) in [6, 6.07) is 13.9. The average Bonchev–Trinajstić information content (AvgIpc) is 2.99. The number of fused-ring (bicyclic) bond motifs is 1. The minimum Gasteiger partial charge on any atom is -0.502 e. The van der Waals surface area contributed by atoms with Gasteiger partial charge >= 0.3 is 5.97 Å². The fraction of sp³-hybridized carbons (Fsp3) is 0.0476. The summed E-state index contributed by atoms with van der Waals surface area (Å²) in [6.07, 6.45) is 5.27. The van der Waals surface area contributed by atoms with Gasteiger partial charge in [0.15, 0.2) is 5.78 Å². The molecular formula is C21H16FNO4. The first-order chi connectivity index (χ1) is 12.9. The maximum Gasteiger partial charge on any atom is 0.371 e. The number of aromatic nitrogens is 1. The molecule has 0 aliphatic carbocycles. The average molecular weight is 365 g/mol. The summed E-state index contributed by atoms with van der Waals surface area (Å²) in [4.78, 5) is 22.3. The van der Waals surface area contributed by atoms with Crippen molar-refractivity contribution >= 4 is 28.7 Å². The van der Waals surface area contributed by atoms with Gasteiger partial charge in [0.25, 0.3) is 0 Å². The van der Waals surface area contributed by atoms with E-state index in [2.05, 4.69) is 0 Å². The Hall–Kier alpha value is -3.67. The number of carbonyl (C=O) groups excluding carboxylic acids is 1. The number of ketones is 1. The molecule has 2 aromatic carbocycles. The number of hydrogen-bond acceptors (Lipinski definition) is 3. The lowest BCUT2D eigenvalue weighted by Gasteiger charge is -2.05. The molecule has 27 heavy (non-hydrogen) atoms. The summed E-state index contributed by atoms with van der Waals surface area (Å²) in [7, 11) is 0. The largest absolute Gasteiger partial charge is 0.502 e. The molecule has 0 aliphatic heterocycles. The second-order valence-corrected chi connectivity index (χ2v) is 5.93. The number of hydrogen-bond donors (Lipinski definition) is 2.